The maximum Gasteiger partial charge on any atom is 0.272 e. The van der Waals surface area contributed by atoms with E-state index >= 15 is 0 Å². The summed E-state index contributed by atoms with van der Waals surface area (Å²) in [6.45, 7) is 11.6. The van der Waals surface area contributed by atoms with Crippen LogP contribution in [0, 0.1) is 24.7 Å². The van der Waals surface area contributed by atoms with Crippen molar-refractivity contribution in [1.29, 1.82) is 0 Å². The second-order valence-electron chi connectivity index (χ2n) is 13.8. The Hall–Kier alpha value is -6.80. The Morgan fingerprint density at radius 2 is 0.923 bits per heavy atom. The number of ether oxygens (including phenoxy) is 2. The third-order valence-corrected chi connectivity index (χ3v) is 7.73. The first kappa shape index (κ1) is 36.5. The van der Waals surface area contributed by atoms with Crippen molar-refractivity contribution in [3.63, 3.8) is 0 Å². The highest BCUT2D eigenvalue weighted by atomic mass is 16.5. The Kier molecular flexibility index (Phi) is 10.2. The van der Waals surface area contributed by atoms with Crippen molar-refractivity contribution in [1.82, 2.24) is 39.9 Å². The van der Waals surface area contributed by atoms with Crippen LogP contribution in [0.25, 0.3) is 24.3 Å². The molecule has 0 spiro atoms. The van der Waals surface area contributed by atoms with Crippen molar-refractivity contribution in [3.05, 3.63) is 122 Å². The van der Waals surface area contributed by atoms with Crippen molar-refractivity contribution in [3.8, 4) is 36.2 Å². The van der Waals surface area contributed by atoms with Crippen LogP contribution in [0.1, 0.15) is 75.4 Å². The second kappa shape index (κ2) is 14.6. The topological polar surface area (TPSA) is 207 Å². The maximum atomic E-state index is 13.2. The number of aromatic amines is 6. The summed E-state index contributed by atoms with van der Waals surface area (Å²) in [5, 5.41) is -0.170. The molecule has 0 amide bonds. The summed E-state index contributed by atoms with van der Waals surface area (Å²) in [4.78, 5) is 77.9. The lowest BCUT2D eigenvalue weighted by molar-refractivity contribution is 0.358. The third-order valence-electron chi connectivity index (χ3n) is 7.73. The van der Waals surface area contributed by atoms with Crippen LogP contribution < -0.4 is 53.1 Å². The van der Waals surface area contributed by atoms with E-state index in [2.05, 4.69) is 51.7 Å². The zero-order chi connectivity index (χ0) is 37.8. The van der Waals surface area contributed by atoms with Gasteiger partial charge in [-0.05, 0) is 36.4 Å². The maximum absolute atomic E-state index is 13.2. The molecule has 52 heavy (non-hydrogen) atoms. The largest absolute Gasteiger partial charge is 0.480 e. The Morgan fingerprint density at radius 1 is 0.596 bits per heavy atom. The van der Waals surface area contributed by atoms with Gasteiger partial charge in [0.2, 0.25) is 0 Å². The van der Waals surface area contributed by atoms with E-state index in [1.54, 1.807) is 0 Å². The van der Waals surface area contributed by atoms with E-state index in [-0.39, 0.29) is 56.9 Å². The van der Waals surface area contributed by atoms with Gasteiger partial charge in [0.25, 0.3) is 22.2 Å². The monoisotopic (exact) mass is 702 g/mol. The number of imidazole rings is 2. The van der Waals surface area contributed by atoms with Gasteiger partial charge in [-0.1, -0.05) is 53.4 Å². The lowest BCUT2D eigenvalue weighted by atomic mass is 9.90. The van der Waals surface area contributed by atoms with Crippen molar-refractivity contribution in [2.75, 3.05) is 13.2 Å². The van der Waals surface area contributed by atoms with Crippen molar-refractivity contribution in [2.45, 2.75) is 52.4 Å². The molecule has 0 fully saturated rings. The summed E-state index contributed by atoms with van der Waals surface area (Å²) in [6.07, 6.45) is 19.8. The molecule has 0 saturated heterocycles. The van der Waals surface area contributed by atoms with E-state index in [1.165, 1.54) is 49.1 Å². The van der Waals surface area contributed by atoms with E-state index < -0.39 is 22.2 Å². The quantitative estimate of drug-likeness (QED) is 0.119. The fourth-order valence-electron chi connectivity index (χ4n) is 5.31. The van der Waals surface area contributed by atoms with Gasteiger partial charge in [-0.25, -0.2) is 9.97 Å². The summed E-state index contributed by atoms with van der Waals surface area (Å²) in [5.41, 5.74) is 0.265. The first-order valence-electron chi connectivity index (χ1n) is 16.1. The molecule has 5 aromatic rings. The normalized spacial score (nSPS) is 13.3. The van der Waals surface area contributed by atoms with Gasteiger partial charge in [0.15, 0.2) is 0 Å². The Balaban J connectivity index is 1.65. The molecule has 0 aliphatic heterocycles. The molecule has 14 nitrogen and oxygen atoms in total. The molecule has 0 aliphatic rings. The van der Waals surface area contributed by atoms with Crippen LogP contribution in [0.5, 0.6) is 11.5 Å². The highest BCUT2D eigenvalue weighted by Gasteiger charge is 2.20. The molecule has 1 aromatic carbocycles. The zero-order valence-electron chi connectivity index (χ0n) is 29.5. The number of H-pyrrole nitrogens is 6. The molecule has 0 saturated carbocycles. The van der Waals surface area contributed by atoms with E-state index in [0.717, 1.165) is 11.4 Å². The predicted octanol–water partition coefficient (Wildman–Crippen LogP) is -0.180. The number of terminal acetylenes is 2. The summed E-state index contributed by atoms with van der Waals surface area (Å²) in [6, 6.07) is 3.01. The first-order valence-corrected chi connectivity index (χ1v) is 16.1. The number of benzene rings is 1. The predicted molar refractivity (Wildman–Crippen MR) is 198 cm³/mol. The lowest BCUT2D eigenvalue weighted by Crippen LogP contribution is -2.47. The molecule has 6 N–H and O–H groups in total. The minimum absolute atomic E-state index is 0.00776. The SMILES string of the molecule is C#CCOc1cc(/C=c2\[nH]c(=O)/c(=C/c3nc[nH]c3C(C)(C)C)[nH]c2=O)c(OCC#C)cc1/C=c1\[nH]c(=O)c(=Cc2nc[nH]c2C(C)(C)C)[nH]c1=O. The van der Waals surface area contributed by atoms with E-state index in [0.29, 0.717) is 22.5 Å². The smallest absolute Gasteiger partial charge is 0.272 e. The molecular formula is C38H38N8O6. The molecule has 0 atom stereocenters. The summed E-state index contributed by atoms with van der Waals surface area (Å²) < 4.78 is 11.6. The molecule has 0 bridgehead atoms. The third kappa shape index (κ3) is 8.14. The number of aromatic nitrogens is 8. The Bertz CT molecular complexity index is 2540. The second-order valence-corrected chi connectivity index (χ2v) is 13.8. The van der Waals surface area contributed by atoms with Gasteiger partial charge < -0.3 is 39.4 Å². The fourth-order valence-corrected chi connectivity index (χ4v) is 5.31. The molecule has 5 rings (SSSR count). The van der Waals surface area contributed by atoms with Gasteiger partial charge in [-0.2, -0.15) is 0 Å². The average molecular weight is 703 g/mol. The Morgan fingerprint density at radius 3 is 1.23 bits per heavy atom. The van der Waals surface area contributed by atoms with Crippen molar-refractivity contribution in [2.24, 2.45) is 0 Å². The number of rotatable bonds is 8. The number of hydrogen-bond acceptors (Lipinski definition) is 8. The summed E-state index contributed by atoms with van der Waals surface area (Å²) in [7, 11) is 0. The van der Waals surface area contributed by atoms with E-state index in [9.17, 15) is 19.2 Å². The van der Waals surface area contributed by atoms with Crippen LogP contribution >= 0.6 is 0 Å². The summed E-state index contributed by atoms with van der Waals surface area (Å²) in [5.74, 6) is 5.13. The minimum atomic E-state index is -0.603. The van der Waals surface area contributed by atoms with Crippen molar-refractivity contribution >= 4 is 24.3 Å². The molecule has 0 aliphatic carbocycles. The van der Waals surface area contributed by atoms with Gasteiger partial charge in [0.1, 0.15) is 46.1 Å². The van der Waals surface area contributed by atoms with Crippen LogP contribution in [0.4, 0.5) is 0 Å². The molecule has 0 radical (unpaired) electrons. The molecule has 14 heteroatoms. The van der Waals surface area contributed by atoms with Gasteiger partial charge in [-0.3, -0.25) is 19.2 Å². The lowest BCUT2D eigenvalue weighted by Gasteiger charge is -2.16. The van der Waals surface area contributed by atoms with Crippen LogP contribution in [0.2, 0.25) is 0 Å². The molecule has 4 heterocycles. The van der Waals surface area contributed by atoms with Crippen LogP contribution in [-0.4, -0.2) is 53.1 Å². The average Bonchev–Trinajstić information content (AvgIpc) is 3.75. The molecule has 4 aromatic heterocycles. The van der Waals surface area contributed by atoms with Crippen LogP contribution in [-0.2, 0) is 10.8 Å². The zero-order valence-corrected chi connectivity index (χ0v) is 29.5. The van der Waals surface area contributed by atoms with Crippen LogP contribution in [0.15, 0.2) is 44.0 Å². The first-order chi connectivity index (χ1) is 24.6. The molecule has 266 valence electrons. The Labute approximate surface area is 296 Å². The van der Waals surface area contributed by atoms with Gasteiger partial charge >= 0.3 is 0 Å². The van der Waals surface area contributed by atoms with Gasteiger partial charge in [-0.15, -0.1) is 12.8 Å². The van der Waals surface area contributed by atoms with E-state index in [4.69, 9.17) is 22.3 Å². The van der Waals surface area contributed by atoms with Crippen LogP contribution in [0.3, 0.4) is 0 Å². The standard InChI is InChI=1S/C38H38N8O6/c1-9-11-51-29-15-22(14-26-34(48)46-28(36(50)44-26)18-24-32(38(6,7)8)42-20-40-24)30(52-12-10-2)16-21(29)13-25-33(47)45-27(35(49)43-25)17-23-31(37(3,4)5)41-19-39-23/h1-2,13-20H,11-12H2,3-8H3,(H,39,41)(H,40,42)(H,43,49)(H,44,50)(H,45,47)(H,46,48)/b25-13-,26-14-,27-17-,28-18?. The minimum Gasteiger partial charge on any atom is -0.480 e. The molecule has 0 unspecified atom stereocenters. The highest BCUT2D eigenvalue weighted by molar-refractivity contribution is 5.67. The van der Waals surface area contributed by atoms with E-state index in [1.807, 2.05) is 41.5 Å². The number of nitrogens with zero attached hydrogens (tertiary/aromatic N) is 2. The number of hydrogen-bond donors (Lipinski definition) is 6. The highest BCUT2D eigenvalue weighted by Crippen LogP contribution is 2.30. The molecular weight excluding hydrogens is 664 g/mol. The van der Waals surface area contributed by atoms with Gasteiger partial charge in [0, 0.05) is 33.3 Å². The fraction of sp³-hybridized carbons (Fsp3) is 0.263. The van der Waals surface area contributed by atoms with Crippen molar-refractivity contribution < 1.29 is 9.47 Å². The number of nitrogens with one attached hydrogen (secondary N) is 6. The van der Waals surface area contributed by atoms with Gasteiger partial charge in [0.05, 0.1) is 24.0 Å². The summed E-state index contributed by atoms with van der Waals surface area (Å²) >= 11 is 0.